The van der Waals surface area contributed by atoms with E-state index < -0.39 is 0 Å². The van der Waals surface area contributed by atoms with E-state index in [2.05, 4.69) is 35.2 Å². The van der Waals surface area contributed by atoms with Crippen LogP contribution in [0.3, 0.4) is 0 Å². The van der Waals surface area contributed by atoms with E-state index in [-0.39, 0.29) is 0 Å². The highest BCUT2D eigenvalue weighted by Gasteiger charge is 2.24. The third-order valence-electron chi connectivity index (χ3n) is 3.83. The van der Waals surface area contributed by atoms with Gasteiger partial charge < -0.3 is 10.1 Å². The fourth-order valence-electron chi connectivity index (χ4n) is 2.53. The summed E-state index contributed by atoms with van der Waals surface area (Å²) in [5.41, 5.74) is 0. The Bertz CT molecular complexity index is 616. The predicted molar refractivity (Wildman–Crippen MR) is 83.8 cm³/mol. The molecule has 3 rings (SSSR count). The van der Waals surface area contributed by atoms with Gasteiger partial charge in [-0.25, -0.2) is 9.97 Å². The molecule has 20 heavy (non-hydrogen) atoms. The molecule has 2 unspecified atom stereocenters. The quantitative estimate of drug-likeness (QED) is 0.874. The van der Waals surface area contributed by atoms with E-state index in [9.17, 15) is 0 Å². The fourth-order valence-corrected chi connectivity index (χ4v) is 3.71. The van der Waals surface area contributed by atoms with Gasteiger partial charge in [-0.1, -0.05) is 6.92 Å². The van der Waals surface area contributed by atoms with E-state index in [1.807, 2.05) is 0 Å². The van der Waals surface area contributed by atoms with Gasteiger partial charge in [0, 0.05) is 23.9 Å². The van der Waals surface area contributed by atoms with E-state index >= 15 is 0 Å². The Balaban J connectivity index is 1.84. The summed E-state index contributed by atoms with van der Waals surface area (Å²) < 4.78 is 5.59. The Labute approximate surface area is 127 Å². The molecule has 0 saturated carbocycles. The standard InChI is InChI=1S/C14H18ClN3OS/c1-3-10-6-11-12(17-14(15)18-13(11)20-10)16-7-9-4-5-19-8(9)2/h6,8-9H,3-5,7H2,1-2H3,(H,16,17,18). The molecule has 3 heterocycles. The Hall–Kier alpha value is -0.910. The number of nitrogens with zero attached hydrogens (tertiary/aromatic N) is 2. The molecule has 108 valence electrons. The minimum absolute atomic E-state index is 0.306. The summed E-state index contributed by atoms with van der Waals surface area (Å²) in [6.45, 7) is 5.98. The summed E-state index contributed by atoms with van der Waals surface area (Å²) in [6, 6.07) is 2.16. The number of rotatable bonds is 4. The third-order valence-corrected chi connectivity index (χ3v) is 5.17. The molecule has 0 aromatic carbocycles. The van der Waals surface area contributed by atoms with Crippen molar-refractivity contribution in [2.45, 2.75) is 32.8 Å². The Morgan fingerprint density at radius 1 is 1.50 bits per heavy atom. The molecule has 1 saturated heterocycles. The number of ether oxygens (including phenoxy) is 1. The first kappa shape index (κ1) is 14.0. The molecule has 1 aliphatic rings. The largest absolute Gasteiger partial charge is 0.378 e. The van der Waals surface area contributed by atoms with Crippen molar-refractivity contribution in [3.05, 3.63) is 16.2 Å². The molecule has 6 heteroatoms. The monoisotopic (exact) mass is 311 g/mol. The van der Waals surface area contributed by atoms with Crippen LogP contribution in [-0.4, -0.2) is 29.2 Å². The molecule has 0 spiro atoms. The molecule has 2 aromatic heterocycles. The third kappa shape index (κ3) is 2.75. The van der Waals surface area contributed by atoms with Gasteiger partial charge in [0.05, 0.1) is 11.5 Å². The minimum Gasteiger partial charge on any atom is -0.378 e. The van der Waals surface area contributed by atoms with Crippen LogP contribution in [0.1, 0.15) is 25.1 Å². The lowest BCUT2D eigenvalue weighted by Crippen LogP contribution is -2.21. The van der Waals surface area contributed by atoms with Crippen LogP contribution in [0, 0.1) is 5.92 Å². The molecule has 2 aromatic rings. The average Bonchev–Trinajstić information content (AvgIpc) is 3.01. The predicted octanol–water partition coefficient (Wildman–Crippen LogP) is 3.74. The summed E-state index contributed by atoms with van der Waals surface area (Å²) in [5, 5.41) is 4.81. The van der Waals surface area contributed by atoms with Gasteiger partial charge in [0.15, 0.2) is 0 Å². The molecule has 1 aliphatic heterocycles. The number of aryl methyl sites for hydroxylation is 1. The number of anilines is 1. The van der Waals surface area contributed by atoms with Gasteiger partial charge in [0.25, 0.3) is 0 Å². The zero-order valence-corrected chi connectivity index (χ0v) is 13.2. The topological polar surface area (TPSA) is 47.0 Å². The van der Waals surface area contributed by atoms with Crippen LogP contribution < -0.4 is 5.32 Å². The highest BCUT2D eigenvalue weighted by molar-refractivity contribution is 7.18. The van der Waals surface area contributed by atoms with Gasteiger partial charge in [0.1, 0.15) is 10.6 Å². The lowest BCUT2D eigenvalue weighted by molar-refractivity contribution is 0.108. The first-order valence-electron chi connectivity index (χ1n) is 6.98. The maximum Gasteiger partial charge on any atom is 0.225 e. The van der Waals surface area contributed by atoms with Crippen molar-refractivity contribution in [2.75, 3.05) is 18.5 Å². The molecule has 0 aliphatic carbocycles. The molecule has 0 amide bonds. The summed E-state index contributed by atoms with van der Waals surface area (Å²) >= 11 is 7.70. The highest BCUT2D eigenvalue weighted by Crippen LogP contribution is 2.31. The number of hydrogen-bond acceptors (Lipinski definition) is 5. The number of thiophene rings is 1. The first-order valence-corrected chi connectivity index (χ1v) is 8.18. The van der Waals surface area contributed by atoms with Crippen LogP contribution in [0.4, 0.5) is 5.82 Å². The van der Waals surface area contributed by atoms with Crippen molar-refractivity contribution >= 4 is 39.0 Å². The minimum atomic E-state index is 0.306. The lowest BCUT2D eigenvalue weighted by Gasteiger charge is -2.15. The van der Waals surface area contributed by atoms with Crippen LogP contribution in [-0.2, 0) is 11.2 Å². The van der Waals surface area contributed by atoms with Gasteiger partial charge in [-0.05, 0) is 37.4 Å². The summed E-state index contributed by atoms with van der Waals surface area (Å²) in [5.74, 6) is 1.37. The number of aromatic nitrogens is 2. The second-order valence-corrected chi connectivity index (χ2v) is 6.59. The van der Waals surface area contributed by atoms with Crippen molar-refractivity contribution in [3.63, 3.8) is 0 Å². The van der Waals surface area contributed by atoms with Crippen LogP contribution in [0.25, 0.3) is 10.2 Å². The van der Waals surface area contributed by atoms with Gasteiger partial charge in [0.2, 0.25) is 5.28 Å². The van der Waals surface area contributed by atoms with E-state index in [0.717, 1.165) is 42.0 Å². The van der Waals surface area contributed by atoms with Crippen LogP contribution in [0.2, 0.25) is 5.28 Å². The van der Waals surface area contributed by atoms with Crippen molar-refractivity contribution in [1.82, 2.24) is 9.97 Å². The van der Waals surface area contributed by atoms with Crippen molar-refractivity contribution in [2.24, 2.45) is 5.92 Å². The highest BCUT2D eigenvalue weighted by atomic mass is 35.5. The number of hydrogen-bond donors (Lipinski definition) is 1. The van der Waals surface area contributed by atoms with Gasteiger partial charge >= 0.3 is 0 Å². The van der Waals surface area contributed by atoms with E-state index in [1.165, 1.54) is 4.88 Å². The smallest absolute Gasteiger partial charge is 0.225 e. The Kier molecular flexibility index (Phi) is 4.10. The molecule has 0 bridgehead atoms. The van der Waals surface area contributed by atoms with E-state index in [4.69, 9.17) is 16.3 Å². The average molecular weight is 312 g/mol. The van der Waals surface area contributed by atoms with Crippen LogP contribution in [0.15, 0.2) is 6.07 Å². The molecule has 2 atom stereocenters. The second kappa shape index (κ2) is 5.84. The zero-order valence-electron chi connectivity index (χ0n) is 11.6. The maximum atomic E-state index is 6.02. The summed E-state index contributed by atoms with van der Waals surface area (Å²) in [6.07, 6.45) is 2.41. The van der Waals surface area contributed by atoms with E-state index in [0.29, 0.717) is 17.3 Å². The van der Waals surface area contributed by atoms with Gasteiger partial charge in [-0.2, -0.15) is 0 Å². The normalized spacial score (nSPS) is 22.6. The van der Waals surface area contributed by atoms with E-state index in [1.54, 1.807) is 11.3 Å². The van der Waals surface area contributed by atoms with Crippen molar-refractivity contribution < 1.29 is 4.74 Å². The second-order valence-electron chi connectivity index (χ2n) is 5.13. The number of halogens is 1. The number of fused-ring (bicyclic) bond motifs is 1. The molecule has 1 fully saturated rings. The molecule has 0 radical (unpaired) electrons. The molecule has 1 N–H and O–H groups in total. The Morgan fingerprint density at radius 3 is 3.05 bits per heavy atom. The van der Waals surface area contributed by atoms with Crippen molar-refractivity contribution in [3.8, 4) is 0 Å². The lowest BCUT2D eigenvalue weighted by atomic mass is 10.0. The van der Waals surface area contributed by atoms with Crippen molar-refractivity contribution in [1.29, 1.82) is 0 Å². The zero-order chi connectivity index (χ0) is 14.1. The fraction of sp³-hybridized carbons (Fsp3) is 0.571. The van der Waals surface area contributed by atoms with Crippen LogP contribution in [0.5, 0.6) is 0 Å². The first-order chi connectivity index (χ1) is 9.67. The van der Waals surface area contributed by atoms with Gasteiger partial charge in [-0.3, -0.25) is 0 Å². The van der Waals surface area contributed by atoms with Crippen LogP contribution >= 0.6 is 22.9 Å². The molecular formula is C14H18ClN3OS. The maximum absolute atomic E-state index is 6.02. The SMILES string of the molecule is CCc1cc2c(NCC3CCOC3C)nc(Cl)nc2s1. The summed E-state index contributed by atoms with van der Waals surface area (Å²) in [7, 11) is 0. The molecular weight excluding hydrogens is 294 g/mol. The van der Waals surface area contributed by atoms with Gasteiger partial charge in [-0.15, -0.1) is 11.3 Å². The summed E-state index contributed by atoms with van der Waals surface area (Å²) in [4.78, 5) is 10.9. The molecule has 4 nitrogen and oxygen atoms in total. The number of nitrogens with one attached hydrogen (secondary N) is 1. The Morgan fingerprint density at radius 2 is 2.35 bits per heavy atom.